The molecule has 1 aromatic heterocycles. The second-order valence-electron chi connectivity index (χ2n) is 6.73. The highest BCUT2D eigenvalue weighted by atomic mass is 19.1. The van der Waals surface area contributed by atoms with Crippen LogP contribution in [0.25, 0.3) is 0 Å². The van der Waals surface area contributed by atoms with E-state index < -0.39 is 0 Å². The van der Waals surface area contributed by atoms with Crippen molar-refractivity contribution in [3.8, 4) is 5.88 Å². The molecule has 1 saturated heterocycles. The molecule has 2 fully saturated rings. The van der Waals surface area contributed by atoms with Crippen LogP contribution in [-0.4, -0.2) is 30.6 Å². The van der Waals surface area contributed by atoms with Gasteiger partial charge in [-0.2, -0.15) is 0 Å². The zero-order valence-electron chi connectivity index (χ0n) is 14.2. The van der Waals surface area contributed by atoms with Crippen molar-refractivity contribution in [1.29, 1.82) is 0 Å². The largest absolute Gasteiger partial charge is 0.481 e. The first-order chi connectivity index (χ1) is 11.7. The molecule has 1 atom stereocenters. The molecule has 2 heterocycles. The molecular weight excluding hydrogens is 309 g/mol. The van der Waals surface area contributed by atoms with Gasteiger partial charge >= 0.3 is 0 Å². The number of pyridine rings is 1. The van der Waals surface area contributed by atoms with Gasteiger partial charge < -0.3 is 15.4 Å². The lowest BCUT2D eigenvalue weighted by atomic mass is 9.86. The molecule has 132 valence electrons. The first-order valence-electron chi connectivity index (χ1n) is 8.93. The number of carbonyl (C=O) groups excluding carboxylic acids is 1. The third-order valence-corrected chi connectivity index (χ3v) is 5.06. The lowest BCUT2D eigenvalue weighted by molar-refractivity contribution is -0.122. The second kappa shape index (κ2) is 7.92. The summed E-state index contributed by atoms with van der Waals surface area (Å²) in [4.78, 5) is 16.5. The third kappa shape index (κ3) is 3.86. The normalized spacial score (nSPS) is 21.7. The molecule has 0 radical (unpaired) electrons. The van der Waals surface area contributed by atoms with Gasteiger partial charge in [0.1, 0.15) is 5.82 Å². The number of nitrogens with zero attached hydrogens (tertiary/aromatic N) is 1. The number of nitrogens with one attached hydrogen (secondary N) is 2. The summed E-state index contributed by atoms with van der Waals surface area (Å²) >= 11 is 0. The van der Waals surface area contributed by atoms with Gasteiger partial charge in [0.15, 0.2) is 0 Å². The average Bonchev–Trinajstić information content (AvgIpc) is 3.15. The van der Waals surface area contributed by atoms with Gasteiger partial charge in [0.25, 0.3) is 0 Å². The van der Waals surface area contributed by atoms with Crippen molar-refractivity contribution in [1.82, 2.24) is 15.6 Å². The van der Waals surface area contributed by atoms with Gasteiger partial charge in [-0.05, 0) is 38.3 Å². The minimum atomic E-state index is -0.286. The fourth-order valence-electron chi connectivity index (χ4n) is 3.70. The summed E-state index contributed by atoms with van der Waals surface area (Å²) in [6, 6.07) is 1.33. The molecule has 1 saturated carbocycles. The van der Waals surface area contributed by atoms with Gasteiger partial charge in [0, 0.05) is 18.0 Å². The van der Waals surface area contributed by atoms with E-state index in [0.29, 0.717) is 17.1 Å². The Labute approximate surface area is 142 Å². The Morgan fingerprint density at radius 3 is 2.79 bits per heavy atom. The van der Waals surface area contributed by atoms with E-state index in [0.717, 1.165) is 45.1 Å². The number of carbonyl (C=O) groups is 1. The molecule has 0 aromatic carbocycles. The van der Waals surface area contributed by atoms with Gasteiger partial charge in [-0.25, -0.2) is 9.37 Å². The number of hydrogen-bond acceptors (Lipinski definition) is 4. The van der Waals surface area contributed by atoms with Gasteiger partial charge in [-0.3, -0.25) is 4.79 Å². The number of hydrogen-bond donors (Lipinski definition) is 2. The van der Waals surface area contributed by atoms with Gasteiger partial charge in [-0.15, -0.1) is 0 Å². The van der Waals surface area contributed by atoms with E-state index in [-0.39, 0.29) is 30.2 Å². The molecule has 1 aromatic rings. The summed E-state index contributed by atoms with van der Waals surface area (Å²) in [6.07, 6.45) is 7.28. The average molecular weight is 335 g/mol. The van der Waals surface area contributed by atoms with Gasteiger partial charge in [0.05, 0.1) is 18.8 Å². The minimum absolute atomic E-state index is 0.0497. The first kappa shape index (κ1) is 17.1. The summed E-state index contributed by atoms with van der Waals surface area (Å²) in [5, 5.41) is 6.01. The molecule has 1 aliphatic heterocycles. The van der Waals surface area contributed by atoms with Crippen LogP contribution in [0.2, 0.25) is 0 Å². The number of amides is 1. The maximum atomic E-state index is 14.5. The van der Waals surface area contributed by atoms with E-state index in [9.17, 15) is 9.18 Å². The Hall–Kier alpha value is -1.69. The van der Waals surface area contributed by atoms with E-state index in [4.69, 9.17) is 4.74 Å². The van der Waals surface area contributed by atoms with Crippen LogP contribution in [-0.2, 0) is 11.3 Å². The zero-order valence-corrected chi connectivity index (χ0v) is 14.2. The third-order valence-electron chi connectivity index (χ3n) is 5.06. The summed E-state index contributed by atoms with van der Waals surface area (Å²) in [6.45, 7) is 1.10. The quantitative estimate of drug-likeness (QED) is 0.868. The lowest BCUT2D eigenvalue weighted by Gasteiger charge is -2.22. The molecular formula is C18H26FN3O2. The predicted molar refractivity (Wildman–Crippen MR) is 89.4 cm³/mol. The van der Waals surface area contributed by atoms with Crippen LogP contribution in [0.15, 0.2) is 6.07 Å². The maximum absolute atomic E-state index is 14.5. The summed E-state index contributed by atoms with van der Waals surface area (Å²) < 4.78 is 19.9. The molecule has 5 nitrogen and oxygen atoms in total. The van der Waals surface area contributed by atoms with E-state index in [1.807, 2.05) is 0 Å². The number of ether oxygens (including phenoxy) is 1. The summed E-state index contributed by atoms with van der Waals surface area (Å²) in [7, 11) is 1.54. The zero-order chi connectivity index (χ0) is 16.9. The predicted octanol–water partition coefficient (Wildman–Crippen LogP) is 2.65. The Balaban J connectivity index is 1.70. The summed E-state index contributed by atoms with van der Waals surface area (Å²) in [5.41, 5.74) is 1.10. The van der Waals surface area contributed by atoms with Crippen LogP contribution in [0.5, 0.6) is 5.88 Å². The Kier molecular flexibility index (Phi) is 5.66. The van der Waals surface area contributed by atoms with Crippen molar-refractivity contribution >= 4 is 5.91 Å². The molecule has 1 aliphatic carbocycles. The Bertz CT molecular complexity index is 582. The maximum Gasteiger partial charge on any atom is 0.237 e. The molecule has 6 heteroatoms. The lowest BCUT2D eigenvalue weighted by Crippen LogP contribution is -2.40. The van der Waals surface area contributed by atoms with Crippen molar-refractivity contribution in [3.05, 3.63) is 23.1 Å². The van der Waals surface area contributed by atoms with Crippen LogP contribution in [0, 0.1) is 5.82 Å². The fourth-order valence-corrected chi connectivity index (χ4v) is 3.70. The molecule has 2 N–H and O–H groups in total. The number of methoxy groups -OCH3 is 1. The Morgan fingerprint density at radius 1 is 1.33 bits per heavy atom. The van der Waals surface area contributed by atoms with Crippen LogP contribution in [0.4, 0.5) is 4.39 Å². The molecule has 0 bridgehead atoms. The number of aromatic nitrogens is 1. The van der Waals surface area contributed by atoms with Crippen molar-refractivity contribution in [2.24, 2.45) is 0 Å². The molecule has 2 aliphatic rings. The monoisotopic (exact) mass is 335 g/mol. The van der Waals surface area contributed by atoms with Crippen LogP contribution >= 0.6 is 0 Å². The highest BCUT2D eigenvalue weighted by Gasteiger charge is 2.24. The SMILES string of the molecule is COc1nc(C2CCCCC2)c(F)cc1CNC(=O)C1CCCN1. The van der Waals surface area contributed by atoms with Crippen molar-refractivity contribution < 1.29 is 13.9 Å². The molecule has 3 rings (SSSR count). The van der Waals surface area contributed by atoms with Gasteiger partial charge in [-0.1, -0.05) is 19.3 Å². The van der Waals surface area contributed by atoms with Crippen molar-refractivity contribution in [3.63, 3.8) is 0 Å². The smallest absolute Gasteiger partial charge is 0.237 e. The Morgan fingerprint density at radius 2 is 2.12 bits per heavy atom. The van der Waals surface area contributed by atoms with Crippen LogP contribution in [0.1, 0.15) is 62.1 Å². The van der Waals surface area contributed by atoms with Crippen LogP contribution in [0.3, 0.4) is 0 Å². The van der Waals surface area contributed by atoms with E-state index in [2.05, 4.69) is 15.6 Å². The van der Waals surface area contributed by atoms with E-state index in [1.165, 1.54) is 19.6 Å². The molecule has 0 spiro atoms. The van der Waals surface area contributed by atoms with Crippen molar-refractivity contribution in [2.75, 3.05) is 13.7 Å². The topological polar surface area (TPSA) is 63.2 Å². The molecule has 1 amide bonds. The fraction of sp³-hybridized carbons (Fsp3) is 0.667. The van der Waals surface area contributed by atoms with Crippen molar-refractivity contribution in [2.45, 2.75) is 63.5 Å². The van der Waals surface area contributed by atoms with E-state index in [1.54, 1.807) is 0 Å². The summed E-state index contributed by atoms with van der Waals surface area (Å²) in [5.74, 6) is 0.257. The van der Waals surface area contributed by atoms with E-state index >= 15 is 0 Å². The highest BCUT2D eigenvalue weighted by Crippen LogP contribution is 2.34. The second-order valence-corrected chi connectivity index (χ2v) is 6.73. The van der Waals surface area contributed by atoms with Crippen LogP contribution < -0.4 is 15.4 Å². The number of halogens is 1. The minimum Gasteiger partial charge on any atom is -0.481 e. The van der Waals surface area contributed by atoms with Gasteiger partial charge in [0.2, 0.25) is 11.8 Å². The molecule has 24 heavy (non-hydrogen) atoms. The standard InChI is InChI=1S/C18H26FN3O2/c1-24-18-13(11-21-17(23)15-8-5-9-20-15)10-14(19)16(22-18)12-6-3-2-4-7-12/h10,12,15,20H,2-9,11H2,1H3,(H,21,23). The number of rotatable bonds is 5. The highest BCUT2D eigenvalue weighted by molar-refractivity contribution is 5.82. The molecule has 1 unspecified atom stereocenters. The first-order valence-corrected chi connectivity index (χ1v) is 8.93.